The lowest BCUT2D eigenvalue weighted by molar-refractivity contribution is -0.139. The molecule has 1 spiro atoms. The molecule has 2 bridgehead atoms. The molecule has 12 heteroatoms. The number of nitrogens with zero attached hydrogens (tertiary/aromatic N) is 4. The Morgan fingerprint density at radius 1 is 1.09 bits per heavy atom. The Morgan fingerprint density at radius 3 is 2.71 bits per heavy atom. The second-order valence-electron chi connectivity index (χ2n) is 8.56. The number of rotatable bonds is 1. The van der Waals surface area contributed by atoms with E-state index in [0.717, 1.165) is 6.07 Å². The highest BCUT2D eigenvalue weighted by molar-refractivity contribution is 6.03. The topological polar surface area (TPSA) is 98.7 Å². The summed E-state index contributed by atoms with van der Waals surface area (Å²) < 4.78 is 57.4. The van der Waals surface area contributed by atoms with Gasteiger partial charge in [-0.05, 0) is 25.0 Å². The maximum atomic E-state index is 13.6. The molecule has 4 heterocycles. The highest BCUT2D eigenvalue weighted by atomic mass is 19.4. The minimum absolute atomic E-state index is 0.0159. The molecule has 0 unspecified atom stereocenters. The predicted octanol–water partition coefficient (Wildman–Crippen LogP) is 3.32. The van der Waals surface area contributed by atoms with Crippen molar-refractivity contribution in [2.24, 2.45) is 0 Å². The molecule has 1 aliphatic carbocycles. The van der Waals surface area contributed by atoms with Crippen LogP contribution >= 0.6 is 0 Å². The van der Waals surface area contributed by atoms with Crippen molar-refractivity contribution >= 4 is 28.4 Å². The van der Waals surface area contributed by atoms with Gasteiger partial charge in [0.2, 0.25) is 0 Å². The molecule has 3 aromatic rings. The number of carbonyl (C=O) groups is 1. The third kappa shape index (κ3) is 3.87. The first-order chi connectivity index (χ1) is 16.8. The second-order valence-corrected chi connectivity index (χ2v) is 8.56. The largest absolute Gasteiger partial charge is 0.489 e. The zero-order valence-corrected chi connectivity index (χ0v) is 18.4. The van der Waals surface area contributed by atoms with Crippen LogP contribution in [0.3, 0.4) is 0 Å². The van der Waals surface area contributed by atoms with Crippen LogP contribution < -0.4 is 19.7 Å². The molecule has 182 valence electrons. The van der Waals surface area contributed by atoms with E-state index in [-0.39, 0.29) is 37.4 Å². The fraction of sp³-hybridized carbons (Fsp3) is 0.391. The van der Waals surface area contributed by atoms with Gasteiger partial charge in [0.15, 0.2) is 0 Å². The molecule has 2 fully saturated rings. The van der Waals surface area contributed by atoms with Crippen LogP contribution in [0.5, 0.6) is 11.8 Å². The van der Waals surface area contributed by atoms with E-state index in [1.165, 1.54) is 12.3 Å². The number of hydrogen-bond donors (Lipinski definition) is 1. The molecule has 1 aromatic carbocycles. The SMILES string of the molecule is O=C1N(c2cc3c4nc(nc3cn2)OCCOc2c(cccc2C(F)(F)F)CN4)CCOC12CC2. The number of fused-ring (bicyclic) bond motifs is 5. The molecule has 3 aliphatic rings. The second kappa shape index (κ2) is 7.94. The summed E-state index contributed by atoms with van der Waals surface area (Å²) in [7, 11) is 0. The molecular formula is C23H20F3N5O4. The average molecular weight is 487 g/mol. The number of morpholine rings is 1. The number of para-hydroxylation sites is 1. The van der Waals surface area contributed by atoms with Crippen LogP contribution in [0, 0.1) is 0 Å². The summed E-state index contributed by atoms with van der Waals surface area (Å²) in [6.45, 7) is 0.635. The quantitative estimate of drug-likeness (QED) is 0.558. The fourth-order valence-corrected chi connectivity index (χ4v) is 4.35. The van der Waals surface area contributed by atoms with Crippen molar-refractivity contribution in [3.8, 4) is 11.8 Å². The molecule has 35 heavy (non-hydrogen) atoms. The molecular weight excluding hydrogens is 467 g/mol. The van der Waals surface area contributed by atoms with Gasteiger partial charge >= 0.3 is 12.2 Å². The third-order valence-corrected chi connectivity index (χ3v) is 6.27. The summed E-state index contributed by atoms with van der Waals surface area (Å²) in [5.41, 5.74) is -0.805. The zero-order valence-electron chi connectivity index (χ0n) is 18.4. The maximum Gasteiger partial charge on any atom is 0.419 e. The average Bonchev–Trinajstić information content (AvgIpc) is 3.61. The molecule has 1 amide bonds. The summed E-state index contributed by atoms with van der Waals surface area (Å²) in [5, 5.41) is 3.65. The molecule has 1 saturated carbocycles. The third-order valence-electron chi connectivity index (χ3n) is 6.27. The minimum Gasteiger partial charge on any atom is -0.489 e. The van der Waals surface area contributed by atoms with Crippen molar-refractivity contribution in [2.45, 2.75) is 31.2 Å². The summed E-state index contributed by atoms with van der Waals surface area (Å²) >= 11 is 0. The number of anilines is 2. The van der Waals surface area contributed by atoms with Gasteiger partial charge in [0, 0.05) is 17.5 Å². The number of benzene rings is 1. The molecule has 2 aromatic heterocycles. The van der Waals surface area contributed by atoms with Crippen LogP contribution in [-0.4, -0.2) is 52.8 Å². The van der Waals surface area contributed by atoms with E-state index in [9.17, 15) is 18.0 Å². The normalized spacial score (nSPS) is 19.3. The number of aromatic nitrogens is 3. The van der Waals surface area contributed by atoms with E-state index in [0.29, 0.717) is 54.1 Å². The van der Waals surface area contributed by atoms with E-state index in [1.54, 1.807) is 17.0 Å². The molecule has 6 rings (SSSR count). The Balaban J connectivity index is 1.39. The first-order valence-corrected chi connectivity index (χ1v) is 11.2. The van der Waals surface area contributed by atoms with Crippen LogP contribution in [0.2, 0.25) is 0 Å². The first-order valence-electron chi connectivity index (χ1n) is 11.2. The zero-order chi connectivity index (χ0) is 24.2. The van der Waals surface area contributed by atoms with Gasteiger partial charge in [-0.1, -0.05) is 12.1 Å². The first kappa shape index (κ1) is 21.8. The van der Waals surface area contributed by atoms with E-state index in [2.05, 4.69) is 20.3 Å². The molecule has 1 saturated heterocycles. The van der Waals surface area contributed by atoms with Crippen LogP contribution in [0.25, 0.3) is 10.9 Å². The monoisotopic (exact) mass is 487 g/mol. The lowest BCUT2D eigenvalue weighted by Crippen LogP contribution is -2.49. The molecule has 1 N–H and O–H groups in total. The standard InChI is InChI=1S/C23H20F3N5O4/c24-23(25,26)15-3-1-2-13-11-28-19-14-10-17(31-6-7-35-22(4-5-22)20(31)32)27-12-16(14)29-21(30-19)34-9-8-33-18(13)15/h1-3,10,12H,4-9,11H2,(H,28,29,30). The van der Waals surface area contributed by atoms with Crippen molar-refractivity contribution in [1.82, 2.24) is 15.0 Å². The van der Waals surface area contributed by atoms with Gasteiger partial charge in [-0.3, -0.25) is 9.69 Å². The lowest BCUT2D eigenvalue weighted by atomic mass is 10.1. The maximum absolute atomic E-state index is 13.6. The van der Waals surface area contributed by atoms with Crippen LogP contribution in [0.1, 0.15) is 24.0 Å². The van der Waals surface area contributed by atoms with Crippen molar-refractivity contribution in [1.29, 1.82) is 0 Å². The lowest BCUT2D eigenvalue weighted by Gasteiger charge is -2.32. The van der Waals surface area contributed by atoms with Gasteiger partial charge in [0.05, 0.1) is 30.4 Å². The predicted molar refractivity (Wildman–Crippen MR) is 117 cm³/mol. The Hall–Kier alpha value is -3.67. The molecule has 9 nitrogen and oxygen atoms in total. The van der Waals surface area contributed by atoms with Crippen molar-refractivity contribution in [3.05, 3.63) is 41.6 Å². The number of amides is 1. The highest BCUT2D eigenvalue weighted by Gasteiger charge is 2.55. The number of hydrogen-bond acceptors (Lipinski definition) is 8. The summed E-state index contributed by atoms with van der Waals surface area (Å²) in [6.07, 6.45) is -1.67. The Bertz CT molecular complexity index is 1330. The van der Waals surface area contributed by atoms with Crippen LogP contribution in [-0.2, 0) is 22.3 Å². The smallest absolute Gasteiger partial charge is 0.419 e. The minimum atomic E-state index is -4.57. The highest BCUT2D eigenvalue weighted by Crippen LogP contribution is 2.44. The molecule has 0 atom stereocenters. The van der Waals surface area contributed by atoms with Crippen LogP contribution in [0.4, 0.5) is 24.8 Å². The molecule has 0 radical (unpaired) electrons. The number of nitrogens with one attached hydrogen (secondary N) is 1. The number of carbonyl (C=O) groups excluding carboxylic acids is 1. The Labute approximate surface area is 197 Å². The molecule has 2 aliphatic heterocycles. The number of alkyl halides is 3. The van der Waals surface area contributed by atoms with Crippen molar-refractivity contribution in [2.75, 3.05) is 36.6 Å². The van der Waals surface area contributed by atoms with Crippen LogP contribution in [0.15, 0.2) is 30.5 Å². The number of pyridine rings is 1. The van der Waals surface area contributed by atoms with Gasteiger partial charge in [-0.2, -0.15) is 23.1 Å². The number of halogens is 3. The van der Waals surface area contributed by atoms with E-state index < -0.39 is 17.3 Å². The fourth-order valence-electron chi connectivity index (χ4n) is 4.35. The van der Waals surface area contributed by atoms with E-state index >= 15 is 0 Å². The van der Waals surface area contributed by atoms with E-state index in [4.69, 9.17) is 14.2 Å². The van der Waals surface area contributed by atoms with Gasteiger partial charge in [-0.15, -0.1) is 0 Å². The van der Waals surface area contributed by atoms with Crippen molar-refractivity contribution < 1.29 is 32.2 Å². The number of ether oxygens (including phenoxy) is 3. The van der Waals surface area contributed by atoms with Gasteiger partial charge in [0.25, 0.3) is 5.91 Å². The van der Waals surface area contributed by atoms with Gasteiger partial charge in [0.1, 0.15) is 36.2 Å². The summed E-state index contributed by atoms with van der Waals surface area (Å²) in [6, 6.07) is 5.63. The Kier molecular flexibility index (Phi) is 4.95. The van der Waals surface area contributed by atoms with Gasteiger partial charge in [-0.25, -0.2) is 4.98 Å². The van der Waals surface area contributed by atoms with Crippen molar-refractivity contribution in [3.63, 3.8) is 0 Å². The summed E-state index contributed by atoms with van der Waals surface area (Å²) in [5.74, 6) is 0.410. The Morgan fingerprint density at radius 2 is 1.91 bits per heavy atom. The summed E-state index contributed by atoms with van der Waals surface area (Å²) in [4.78, 5) is 27.7. The van der Waals surface area contributed by atoms with E-state index in [1.807, 2.05) is 0 Å². The van der Waals surface area contributed by atoms with Gasteiger partial charge < -0.3 is 19.5 Å².